The van der Waals surface area contributed by atoms with E-state index in [1.54, 1.807) is 18.2 Å². The summed E-state index contributed by atoms with van der Waals surface area (Å²) in [5.41, 5.74) is 5.67. The summed E-state index contributed by atoms with van der Waals surface area (Å²) in [4.78, 5) is 0. The van der Waals surface area contributed by atoms with Crippen molar-refractivity contribution in [1.82, 2.24) is 0 Å². The molecule has 78 valence electrons. The molecule has 0 saturated heterocycles. The molecule has 0 heterocycles. The van der Waals surface area contributed by atoms with Crippen LogP contribution in [0.3, 0.4) is 0 Å². The predicted octanol–water partition coefficient (Wildman–Crippen LogP) is 1.67. The van der Waals surface area contributed by atoms with Crippen LogP contribution in [0.15, 0.2) is 18.2 Å². The van der Waals surface area contributed by atoms with Crippen LogP contribution < -0.4 is 15.2 Å². The van der Waals surface area contributed by atoms with Crippen molar-refractivity contribution in [2.45, 2.75) is 6.17 Å². The van der Waals surface area contributed by atoms with Gasteiger partial charge < -0.3 is 15.2 Å². The molecule has 1 unspecified atom stereocenters. The van der Waals surface area contributed by atoms with Crippen molar-refractivity contribution in [1.29, 1.82) is 0 Å². The van der Waals surface area contributed by atoms with Gasteiger partial charge in [0.2, 0.25) is 0 Å². The van der Waals surface area contributed by atoms with E-state index < -0.39 is 6.17 Å². The van der Waals surface area contributed by atoms with E-state index in [2.05, 4.69) is 0 Å². The minimum absolute atomic E-state index is 0.0659. The maximum Gasteiger partial charge on any atom is 0.141 e. The molecule has 0 aliphatic carbocycles. The fourth-order valence-electron chi connectivity index (χ4n) is 1.21. The van der Waals surface area contributed by atoms with E-state index in [1.165, 1.54) is 14.2 Å². The third-order valence-electron chi connectivity index (χ3n) is 1.98. The average molecular weight is 199 g/mol. The van der Waals surface area contributed by atoms with E-state index in [1.807, 2.05) is 0 Å². The Hall–Kier alpha value is -1.29. The molecule has 14 heavy (non-hydrogen) atoms. The number of hydrogen-bond acceptors (Lipinski definition) is 3. The maximum absolute atomic E-state index is 13.4. The summed E-state index contributed by atoms with van der Waals surface area (Å²) in [6.45, 7) is -0.0659. The predicted molar refractivity (Wildman–Crippen MR) is 52.4 cm³/mol. The van der Waals surface area contributed by atoms with Crippen molar-refractivity contribution in [3.63, 3.8) is 0 Å². The highest BCUT2D eigenvalue weighted by Crippen LogP contribution is 2.30. The molecular formula is C10H14FNO2. The Morgan fingerprint density at radius 1 is 1.36 bits per heavy atom. The lowest BCUT2D eigenvalue weighted by atomic mass is 10.1. The van der Waals surface area contributed by atoms with Crippen LogP contribution in [0.25, 0.3) is 0 Å². The van der Waals surface area contributed by atoms with E-state index in [0.29, 0.717) is 17.1 Å². The summed E-state index contributed by atoms with van der Waals surface area (Å²) in [6.07, 6.45) is -1.22. The van der Waals surface area contributed by atoms with E-state index in [4.69, 9.17) is 15.2 Å². The van der Waals surface area contributed by atoms with Gasteiger partial charge in [0.25, 0.3) is 0 Å². The summed E-state index contributed by atoms with van der Waals surface area (Å²) in [5, 5.41) is 0. The van der Waals surface area contributed by atoms with Crippen LogP contribution in [0.2, 0.25) is 0 Å². The largest absolute Gasteiger partial charge is 0.497 e. The van der Waals surface area contributed by atoms with E-state index in [9.17, 15) is 4.39 Å². The van der Waals surface area contributed by atoms with Crippen molar-refractivity contribution in [3.05, 3.63) is 23.8 Å². The van der Waals surface area contributed by atoms with Gasteiger partial charge in [-0.3, -0.25) is 0 Å². The first kappa shape index (κ1) is 10.8. The highest BCUT2D eigenvalue weighted by molar-refractivity contribution is 5.41. The molecule has 1 aromatic rings. The van der Waals surface area contributed by atoms with Gasteiger partial charge in [0.05, 0.1) is 14.2 Å². The Kier molecular flexibility index (Phi) is 3.71. The van der Waals surface area contributed by atoms with Crippen molar-refractivity contribution < 1.29 is 13.9 Å². The van der Waals surface area contributed by atoms with Gasteiger partial charge in [-0.25, -0.2) is 4.39 Å². The fraction of sp³-hybridized carbons (Fsp3) is 0.400. The first-order valence-electron chi connectivity index (χ1n) is 4.29. The fourth-order valence-corrected chi connectivity index (χ4v) is 1.21. The van der Waals surface area contributed by atoms with E-state index >= 15 is 0 Å². The number of benzene rings is 1. The van der Waals surface area contributed by atoms with Gasteiger partial charge in [-0.1, -0.05) is 0 Å². The Bertz CT molecular complexity index is 304. The molecule has 0 saturated carbocycles. The van der Waals surface area contributed by atoms with E-state index in [-0.39, 0.29) is 6.54 Å². The third-order valence-corrected chi connectivity index (χ3v) is 1.98. The molecule has 0 fully saturated rings. The number of methoxy groups -OCH3 is 2. The first-order valence-corrected chi connectivity index (χ1v) is 4.29. The van der Waals surface area contributed by atoms with Gasteiger partial charge in [-0.15, -0.1) is 0 Å². The molecule has 0 spiro atoms. The summed E-state index contributed by atoms with van der Waals surface area (Å²) >= 11 is 0. The second kappa shape index (κ2) is 4.81. The minimum Gasteiger partial charge on any atom is -0.497 e. The molecule has 0 radical (unpaired) electrons. The average Bonchev–Trinajstić information content (AvgIpc) is 2.27. The van der Waals surface area contributed by atoms with Crippen LogP contribution >= 0.6 is 0 Å². The number of ether oxygens (including phenoxy) is 2. The Morgan fingerprint density at radius 2 is 2.07 bits per heavy atom. The molecule has 2 N–H and O–H groups in total. The van der Waals surface area contributed by atoms with Crippen molar-refractivity contribution >= 4 is 0 Å². The molecule has 1 atom stereocenters. The van der Waals surface area contributed by atoms with Crippen LogP contribution in [0.1, 0.15) is 11.7 Å². The molecule has 4 heteroatoms. The highest BCUT2D eigenvalue weighted by Gasteiger charge is 2.14. The highest BCUT2D eigenvalue weighted by atomic mass is 19.1. The summed E-state index contributed by atoms with van der Waals surface area (Å²) in [7, 11) is 3.02. The standard InChI is InChI=1S/C10H14FNO2/c1-13-7-3-4-10(14-2)8(5-7)9(11)6-12/h3-5,9H,6,12H2,1-2H3. The van der Waals surface area contributed by atoms with Crippen molar-refractivity contribution in [2.75, 3.05) is 20.8 Å². The molecule has 0 aliphatic rings. The lowest BCUT2D eigenvalue weighted by Crippen LogP contribution is -2.09. The molecule has 3 nitrogen and oxygen atoms in total. The van der Waals surface area contributed by atoms with Gasteiger partial charge in [0.15, 0.2) is 0 Å². The second-order valence-electron chi connectivity index (χ2n) is 2.81. The van der Waals surface area contributed by atoms with Crippen LogP contribution in [0, 0.1) is 0 Å². The monoisotopic (exact) mass is 199 g/mol. The van der Waals surface area contributed by atoms with E-state index in [0.717, 1.165) is 0 Å². The zero-order valence-electron chi connectivity index (χ0n) is 8.29. The number of nitrogens with two attached hydrogens (primary N) is 1. The molecule has 1 rings (SSSR count). The quantitative estimate of drug-likeness (QED) is 0.802. The van der Waals surface area contributed by atoms with Gasteiger partial charge in [0.1, 0.15) is 17.7 Å². The van der Waals surface area contributed by atoms with Gasteiger partial charge >= 0.3 is 0 Å². The third kappa shape index (κ3) is 2.14. The normalized spacial score (nSPS) is 12.3. The van der Waals surface area contributed by atoms with Crippen LogP contribution in [0.4, 0.5) is 4.39 Å². The lowest BCUT2D eigenvalue weighted by Gasteiger charge is -2.12. The Labute approximate surface area is 82.6 Å². The molecular weight excluding hydrogens is 185 g/mol. The summed E-state index contributed by atoms with van der Waals surface area (Å²) in [6, 6.07) is 4.97. The molecule has 0 aliphatic heterocycles. The van der Waals surface area contributed by atoms with Crippen molar-refractivity contribution in [2.24, 2.45) is 5.73 Å². The Balaban J connectivity index is 3.08. The Morgan fingerprint density at radius 3 is 2.57 bits per heavy atom. The molecule has 0 amide bonds. The zero-order chi connectivity index (χ0) is 10.6. The topological polar surface area (TPSA) is 44.5 Å². The number of rotatable bonds is 4. The van der Waals surface area contributed by atoms with Crippen LogP contribution in [-0.2, 0) is 0 Å². The van der Waals surface area contributed by atoms with Crippen LogP contribution in [0.5, 0.6) is 11.5 Å². The minimum atomic E-state index is -1.22. The first-order chi connectivity index (χ1) is 6.72. The smallest absolute Gasteiger partial charge is 0.141 e. The molecule has 0 bridgehead atoms. The van der Waals surface area contributed by atoms with Crippen molar-refractivity contribution in [3.8, 4) is 11.5 Å². The number of alkyl halides is 1. The summed E-state index contributed by atoms with van der Waals surface area (Å²) < 4.78 is 23.4. The zero-order valence-corrected chi connectivity index (χ0v) is 8.29. The van der Waals surface area contributed by atoms with Gasteiger partial charge in [-0.05, 0) is 18.2 Å². The number of halogens is 1. The second-order valence-corrected chi connectivity index (χ2v) is 2.81. The molecule has 1 aromatic carbocycles. The van der Waals surface area contributed by atoms with Gasteiger partial charge in [-0.2, -0.15) is 0 Å². The van der Waals surface area contributed by atoms with Crippen LogP contribution in [-0.4, -0.2) is 20.8 Å². The maximum atomic E-state index is 13.4. The summed E-state index contributed by atoms with van der Waals surface area (Å²) in [5.74, 6) is 1.08. The lowest BCUT2D eigenvalue weighted by molar-refractivity contribution is 0.328. The van der Waals surface area contributed by atoms with Gasteiger partial charge in [0, 0.05) is 12.1 Å². The molecule has 0 aromatic heterocycles. The SMILES string of the molecule is COc1ccc(OC)c(C(F)CN)c1. The number of hydrogen-bond donors (Lipinski definition) is 1.